The predicted molar refractivity (Wildman–Crippen MR) is 73.8 cm³/mol. The molecule has 0 unspecified atom stereocenters. The Bertz CT molecular complexity index is 497. The fourth-order valence-electron chi connectivity index (χ4n) is 0.922. The van der Waals surface area contributed by atoms with Gasteiger partial charge in [0.2, 0.25) is 0 Å². The average Bonchev–Trinajstić information content (AvgIpc) is 2.04. The summed E-state index contributed by atoms with van der Waals surface area (Å²) in [7, 11) is -12.5. The average molecular weight is 404 g/mol. The Labute approximate surface area is 152 Å². The molecule has 12 nitrogen and oxygen atoms in total. The Morgan fingerprint density at radius 2 is 0.773 bits per heavy atom. The van der Waals surface area contributed by atoms with Crippen molar-refractivity contribution in [1.82, 2.24) is 0 Å². The third-order valence-electron chi connectivity index (χ3n) is 1.55. The van der Waals surface area contributed by atoms with E-state index in [9.17, 15) is 16.8 Å². The van der Waals surface area contributed by atoms with E-state index in [2.05, 4.69) is 0 Å². The normalized spacial score (nSPS) is 10.9. The molecular weight excluding hydrogens is 383 g/mol. The molecule has 0 aromatic heterocycles. The molecule has 0 bridgehead atoms. The van der Waals surface area contributed by atoms with Gasteiger partial charge in [-0.1, -0.05) is 12.8 Å². The third-order valence-corrected chi connectivity index (χ3v) is 3.16. The van der Waals surface area contributed by atoms with Crippen molar-refractivity contribution in [2.24, 2.45) is 0 Å². The Morgan fingerprint density at radius 1 is 0.591 bits per heavy atom. The van der Waals surface area contributed by atoms with Crippen LogP contribution in [-0.2, 0) is 30.6 Å². The van der Waals surface area contributed by atoms with E-state index in [1.165, 1.54) is 0 Å². The standard InChI is InChI=1S/C6H14O6S2.Na.H2O4S.2H2O.H/c7-13(8,9)5-3-1-2-4-6-14(10,11)12;;1-5(2,3)4;;;/h1-6H2,(H,7,8,9)(H,10,11,12);;(H2,1,2,3,4);2*1H2;/q;+1;;;;-1. The van der Waals surface area contributed by atoms with Crippen LogP contribution in [0.3, 0.4) is 0 Å². The van der Waals surface area contributed by atoms with E-state index in [1.54, 1.807) is 0 Å². The van der Waals surface area contributed by atoms with Crippen molar-refractivity contribution in [2.75, 3.05) is 11.5 Å². The molecule has 136 valence electrons. The molecule has 8 N–H and O–H groups in total. The van der Waals surface area contributed by atoms with E-state index >= 15 is 0 Å². The van der Waals surface area contributed by atoms with Crippen LogP contribution in [0.15, 0.2) is 0 Å². The maximum atomic E-state index is 10.2. The molecule has 0 saturated carbocycles. The van der Waals surface area contributed by atoms with Gasteiger partial charge in [0.15, 0.2) is 0 Å². The van der Waals surface area contributed by atoms with Crippen molar-refractivity contribution in [2.45, 2.75) is 25.7 Å². The first-order chi connectivity index (χ1) is 8.21. The van der Waals surface area contributed by atoms with Gasteiger partial charge in [0.25, 0.3) is 20.2 Å². The summed E-state index contributed by atoms with van der Waals surface area (Å²) in [6, 6.07) is 0. The molecule has 0 aliphatic rings. The van der Waals surface area contributed by atoms with Crippen LogP contribution in [0.25, 0.3) is 0 Å². The van der Waals surface area contributed by atoms with Gasteiger partial charge in [-0.3, -0.25) is 18.2 Å². The van der Waals surface area contributed by atoms with E-state index in [-0.39, 0.29) is 53.4 Å². The topological polar surface area (TPSA) is 246 Å². The molecule has 0 heterocycles. The van der Waals surface area contributed by atoms with Gasteiger partial charge in [-0.2, -0.15) is 25.3 Å². The number of unbranched alkanes of at least 4 members (excludes halogenated alkanes) is 3. The van der Waals surface area contributed by atoms with E-state index < -0.39 is 30.6 Å². The largest absolute Gasteiger partial charge is 1.00 e. The summed E-state index contributed by atoms with van der Waals surface area (Å²) in [5.74, 6) is -0.613. The molecule has 0 aromatic rings. The van der Waals surface area contributed by atoms with Gasteiger partial charge in [0.1, 0.15) is 0 Å². The van der Waals surface area contributed by atoms with Gasteiger partial charge < -0.3 is 12.4 Å². The summed E-state index contributed by atoms with van der Waals surface area (Å²) < 4.78 is 89.2. The molecular formula is C6H21NaO12S3. The fourth-order valence-corrected chi connectivity index (χ4v) is 2.06. The summed E-state index contributed by atoms with van der Waals surface area (Å²) in [5, 5.41) is 0. The Hall–Kier alpha value is 0.610. The van der Waals surface area contributed by atoms with Gasteiger partial charge in [-0.05, 0) is 12.8 Å². The maximum Gasteiger partial charge on any atom is 1.00 e. The van der Waals surface area contributed by atoms with Crippen molar-refractivity contribution < 1.29 is 85.4 Å². The van der Waals surface area contributed by atoms with Crippen molar-refractivity contribution in [1.29, 1.82) is 0 Å². The molecule has 0 aliphatic heterocycles. The predicted octanol–water partition coefficient (Wildman–Crippen LogP) is -4.86. The smallest absolute Gasteiger partial charge is 1.00 e. The minimum atomic E-state index is -4.67. The summed E-state index contributed by atoms with van der Waals surface area (Å²) in [6.45, 7) is 0. The summed E-state index contributed by atoms with van der Waals surface area (Å²) in [5.41, 5.74) is 0. The summed E-state index contributed by atoms with van der Waals surface area (Å²) >= 11 is 0. The Balaban J connectivity index is -0.0000000708. The monoisotopic (exact) mass is 404 g/mol. The quantitative estimate of drug-likeness (QED) is 0.179. The number of rotatable bonds is 7. The fraction of sp³-hybridized carbons (Fsp3) is 1.00. The zero-order valence-corrected chi connectivity index (χ0v) is 16.2. The number of hydrogen-bond acceptors (Lipinski definition) is 6. The molecule has 16 heteroatoms. The van der Waals surface area contributed by atoms with Gasteiger partial charge in [-0.15, -0.1) is 0 Å². The maximum absolute atomic E-state index is 10.2. The van der Waals surface area contributed by atoms with E-state index in [0.717, 1.165) is 0 Å². The molecule has 0 aromatic carbocycles. The van der Waals surface area contributed by atoms with Crippen LogP contribution in [0.1, 0.15) is 27.1 Å². The second kappa shape index (κ2) is 15.2. The molecule has 0 aliphatic carbocycles. The van der Waals surface area contributed by atoms with Crippen LogP contribution < -0.4 is 29.6 Å². The third kappa shape index (κ3) is 58.8. The zero-order chi connectivity index (χ0) is 15.7. The molecule has 0 atom stereocenters. The summed E-state index contributed by atoms with van der Waals surface area (Å²) in [4.78, 5) is 0. The van der Waals surface area contributed by atoms with Crippen LogP contribution in [0.4, 0.5) is 0 Å². The minimum absolute atomic E-state index is 0. The van der Waals surface area contributed by atoms with Crippen molar-refractivity contribution >= 4 is 30.6 Å². The molecule has 0 rings (SSSR count). The van der Waals surface area contributed by atoms with E-state index in [0.29, 0.717) is 25.7 Å². The first-order valence-electron chi connectivity index (χ1n) is 4.81. The summed E-state index contributed by atoms with van der Waals surface area (Å²) in [6.07, 6.45) is 1.61. The van der Waals surface area contributed by atoms with E-state index in [4.69, 9.17) is 26.6 Å². The van der Waals surface area contributed by atoms with Crippen LogP contribution in [0, 0.1) is 0 Å². The van der Waals surface area contributed by atoms with E-state index in [1.807, 2.05) is 0 Å². The molecule has 0 fully saturated rings. The van der Waals surface area contributed by atoms with Crippen LogP contribution in [0.5, 0.6) is 0 Å². The first kappa shape index (κ1) is 34.0. The van der Waals surface area contributed by atoms with Crippen LogP contribution in [0.2, 0.25) is 0 Å². The van der Waals surface area contributed by atoms with Gasteiger partial charge >= 0.3 is 40.0 Å². The first-order valence-corrected chi connectivity index (χ1v) is 9.42. The van der Waals surface area contributed by atoms with Gasteiger partial charge in [0.05, 0.1) is 11.5 Å². The Kier molecular flexibility index (Phi) is 23.5. The molecule has 0 amide bonds. The second-order valence-electron chi connectivity index (χ2n) is 3.43. The molecule has 22 heavy (non-hydrogen) atoms. The van der Waals surface area contributed by atoms with Gasteiger partial charge in [-0.25, -0.2) is 0 Å². The number of hydrogen-bond donors (Lipinski definition) is 4. The molecule has 0 saturated heterocycles. The van der Waals surface area contributed by atoms with Gasteiger partial charge in [0, 0.05) is 0 Å². The second-order valence-corrected chi connectivity index (χ2v) is 7.47. The van der Waals surface area contributed by atoms with Crippen molar-refractivity contribution in [3.8, 4) is 0 Å². The SMILES string of the molecule is O.O.O=S(=O)(O)CCCCCCS(=O)(=O)O.O=S(=O)(O)O.[H-].[Na+]. The van der Waals surface area contributed by atoms with Crippen molar-refractivity contribution in [3.05, 3.63) is 0 Å². The molecule has 0 radical (unpaired) electrons. The zero-order valence-electron chi connectivity index (χ0n) is 12.7. The Morgan fingerprint density at radius 3 is 0.909 bits per heavy atom. The molecule has 0 spiro atoms. The minimum Gasteiger partial charge on any atom is -1.00 e. The van der Waals surface area contributed by atoms with Crippen LogP contribution >= 0.6 is 0 Å². The van der Waals surface area contributed by atoms with Crippen molar-refractivity contribution in [3.63, 3.8) is 0 Å². The van der Waals surface area contributed by atoms with Crippen LogP contribution in [-0.4, -0.2) is 65.9 Å².